The maximum absolute atomic E-state index is 14.9. The molecule has 5 aliphatic rings. The zero-order valence-electron chi connectivity index (χ0n) is 82.5. The van der Waals surface area contributed by atoms with Crippen LogP contribution in [0.25, 0.3) is 0 Å². The number of unbranched alkanes of at least 4 members (excludes halogenated alkanes) is 28. The zero-order chi connectivity index (χ0) is 104. The van der Waals surface area contributed by atoms with Crippen LogP contribution in [0.2, 0.25) is 0 Å². The first-order chi connectivity index (χ1) is 68.1. The number of carboxylic acids is 1. The number of thioether (sulfide) groups is 1. The quantitative estimate of drug-likeness (QED) is 0.0193. The van der Waals surface area contributed by atoms with E-state index in [1.807, 2.05) is 0 Å². The maximum atomic E-state index is 14.9. The Morgan fingerprint density at radius 3 is 1.56 bits per heavy atom. The van der Waals surface area contributed by atoms with Gasteiger partial charge in [0.25, 0.3) is 11.7 Å². The second kappa shape index (κ2) is 68.8. The molecule has 5 amide bonds. The number of ether oxygens (including phenoxy) is 14. The first-order valence-electron chi connectivity index (χ1n) is 50.3. The minimum Gasteiger partial charge on any atom is -0.477 e. The van der Waals surface area contributed by atoms with Crippen LogP contribution >= 0.6 is 19.6 Å². The zero-order valence-corrected chi connectivity index (χ0v) is 84.2. The van der Waals surface area contributed by atoms with E-state index in [-0.39, 0.29) is 74.9 Å². The van der Waals surface area contributed by atoms with Crippen LogP contribution in [0.4, 0.5) is 10.5 Å². The highest BCUT2D eigenvalue weighted by molar-refractivity contribution is 7.99. The van der Waals surface area contributed by atoms with Crippen molar-refractivity contribution in [3.63, 3.8) is 0 Å². The van der Waals surface area contributed by atoms with Gasteiger partial charge in [-0.05, 0) is 44.0 Å². The number of phosphoric ester groups is 1. The van der Waals surface area contributed by atoms with Crippen molar-refractivity contribution in [3.05, 3.63) is 29.8 Å². The second-order valence-electron chi connectivity index (χ2n) is 36.6. The lowest BCUT2D eigenvalue weighted by Gasteiger charge is -2.52. The number of benzene rings is 1. The van der Waals surface area contributed by atoms with Crippen molar-refractivity contribution in [1.29, 1.82) is 0 Å². The molecule has 0 aliphatic carbocycles. The smallest absolute Gasteiger partial charge is 0.472 e. The molecule has 0 spiro atoms. The lowest BCUT2D eigenvalue weighted by Crippen LogP contribution is -2.72. The van der Waals surface area contributed by atoms with Gasteiger partial charge < -0.3 is 174 Å². The minimum atomic E-state index is -4.79. The van der Waals surface area contributed by atoms with Crippen molar-refractivity contribution in [2.24, 2.45) is 0 Å². The molecule has 1 aromatic carbocycles. The molecule has 5 saturated heterocycles. The van der Waals surface area contributed by atoms with Crippen molar-refractivity contribution in [1.82, 2.24) is 21.3 Å². The standard InChI is InChI=1S/C94H162N5O41PS/c1-6-8-10-12-14-16-18-20-22-24-26-28-30-32-34-36-70(109)128-55-62(132-71(110)37-35-33-31-29-27-25-23-21-19-17-15-13-11-9-7-2)56-130-141(123,124)129-46-44-96-93(122)127-48-47-126-45-43-95-68(107)42-49-142-57-69(108)98-61-40-38-60(39-41-61)87(119)99-73-84(137-90-79(116)78(115)74(111)58(3)131-90)82(67(54-103)135-88(73)138-85-76(113)65(52-101)133-89(125-5)80(85)117)136-91-81(118)86(77(114)66(53-102)134-91)140-94(92(120)121)50-63(105)72(97-59(4)104)83(139-94)75(112)64(106)51-100/h38-41,58,62-67,72-86,88-91,100-103,105-106,111-118H,6-37,42-57H2,1-5H3,(H,95,107)(H,96,122)(H,97,104)(H,98,108)(H,99,119)(H,120,121)(H,123,124)/t58-,62-,63-,64-,65-,66-,67-,72-,73-,74-,75+,76+,77+,78+,79-,80-,81-,82-,83?,84-,85+,86+,88+,89-,90-,91+,94+/m1/s1. The van der Waals surface area contributed by atoms with Gasteiger partial charge in [-0.25, -0.2) is 14.2 Å². The Labute approximate surface area is 834 Å². The summed E-state index contributed by atoms with van der Waals surface area (Å²) in [4.78, 5) is 115. The Balaban J connectivity index is 0.976. The summed E-state index contributed by atoms with van der Waals surface area (Å²) in [6.07, 6.45) is -15.2. The average Bonchev–Trinajstić information content (AvgIpc) is 0.746. The second-order valence-corrected chi connectivity index (χ2v) is 39.1. The average molecular weight is 2080 g/mol. The van der Waals surface area contributed by atoms with Gasteiger partial charge in [-0.2, -0.15) is 11.8 Å². The van der Waals surface area contributed by atoms with E-state index < -0.39 is 273 Å². The summed E-state index contributed by atoms with van der Waals surface area (Å²) in [6, 6.07) is 1.28. The van der Waals surface area contributed by atoms with Gasteiger partial charge in [0.2, 0.25) is 17.7 Å². The first-order valence-corrected chi connectivity index (χ1v) is 53.0. The van der Waals surface area contributed by atoms with Crippen LogP contribution in [0.1, 0.15) is 256 Å². The molecule has 820 valence electrons. The number of nitrogens with one attached hydrogen (secondary N) is 5. The molecule has 0 bridgehead atoms. The third-order valence-corrected chi connectivity index (χ3v) is 27.1. The number of carbonyl (C=O) groups is 8. The number of aliphatic hydroxyl groups excluding tert-OH is 14. The molecule has 5 aliphatic heterocycles. The van der Waals surface area contributed by atoms with Gasteiger partial charge in [-0.1, -0.05) is 194 Å². The lowest BCUT2D eigenvalue weighted by atomic mass is 9.88. The number of anilines is 1. The molecule has 5 heterocycles. The predicted molar refractivity (Wildman–Crippen MR) is 506 cm³/mol. The fourth-order valence-corrected chi connectivity index (χ4v) is 18.5. The molecule has 48 heteroatoms. The summed E-state index contributed by atoms with van der Waals surface area (Å²) >= 11 is 1.09. The van der Waals surface area contributed by atoms with Gasteiger partial charge in [0, 0.05) is 69.8 Å². The molecular formula is C94H162N5O41PS. The molecule has 28 atom stereocenters. The van der Waals surface area contributed by atoms with E-state index in [2.05, 4.69) is 40.4 Å². The number of esters is 2. The fraction of sp³-hybridized carbons (Fsp3) is 0.851. The molecule has 142 heavy (non-hydrogen) atoms. The van der Waals surface area contributed by atoms with Crippen LogP contribution in [-0.4, -0.2) is 392 Å². The molecule has 1 aromatic rings. The van der Waals surface area contributed by atoms with Crippen molar-refractivity contribution < 1.29 is 200 Å². The van der Waals surface area contributed by atoms with Gasteiger partial charge >= 0.3 is 31.8 Å². The Hall–Kier alpha value is -5.76. The number of aliphatic hydroxyl groups is 14. The molecule has 0 aromatic heterocycles. The minimum absolute atomic E-state index is 0.0111. The molecule has 46 nitrogen and oxygen atoms in total. The van der Waals surface area contributed by atoms with Crippen molar-refractivity contribution >= 4 is 72.9 Å². The summed E-state index contributed by atoms with van der Waals surface area (Å²) in [7, 11) is -3.70. The number of alkyl carbamates (subject to hydrolysis) is 1. The van der Waals surface area contributed by atoms with Gasteiger partial charge in [0.05, 0.1) is 76.9 Å². The van der Waals surface area contributed by atoms with Crippen molar-refractivity contribution in [2.45, 2.75) is 411 Å². The van der Waals surface area contributed by atoms with E-state index in [1.165, 1.54) is 160 Å². The van der Waals surface area contributed by atoms with Crippen LogP contribution in [0.5, 0.6) is 0 Å². The number of aliphatic carboxylic acids is 1. The fourth-order valence-electron chi connectivity index (χ4n) is 17.0. The summed E-state index contributed by atoms with van der Waals surface area (Å²) < 4.78 is 104. The summed E-state index contributed by atoms with van der Waals surface area (Å²) in [6.45, 7) is 0.161. The Morgan fingerprint density at radius 1 is 0.514 bits per heavy atom. The number of rotatable bonds is 73. The molecule has 0 saturated carbocycles. The first kappa shape index (κ1) is 125. The number of phosphoric acid groups is 1. The SMILES string of the molecule is CCCCCCCCCCCCCCCCCC(=O)OC[C@H](COP(=O)(O)OCCNC(=O)OCCOCCNC(=O)CCSCC(=O)Nc1ccc(C(=O)N[C@H]2[C@H](O[C@H]3[C@@H](O)[C@@H](CO)O[C@@H](OC)[C@@H]3O)O[C@H](CO)[C@@H](O[C@@H]3O[C@H](CO)[C@H](O)[C@H](O[C@]4(C(=O)O)C[C@@H](O)[C@@H](NC(C)=O)C([C@@H](O)[C@H](O)CO)O4)[C@H]3O)[C@@H]2O[C@H]2O[C@H](C)[C@@H](O)[C@H](O)[C@H]2O)cc1)OC(=O)CCCCCCCCCCCCCCCCC. The van der Waals surface area contributed by atoms with E-state index in [4.69, 9.17) is 75.4 Å². The lowest BCUT2D eigenvalue weighted by molar-refractivity contribution is -0.396. The van der Waals surface area contributed by atoms with E-state index in [1.54, 1.807) is 0 Å². The topological polar surface area (TPSA) is 685 Å². The normalized spacial score (nSPS) is 28.9. The molecule has 0 radical (unpaired) electrons. The van der Waals surface area contributed by atoms with Crippen molar-refractivity contribution in [3.8, 4) is 0 Å². The van der Waals surface area contributed by atoms with Crippen LogP contribution in [-0.2, 0) is 109 Å². The van der Waals surface area contributed by atoms with Gasteiger partial charge in [-0.15, -0.1) is 0 Å². The van der Waals surface area contributed by atoms with E-state index in [0.717, 1.165) is 77.2 Å². The Kier molecular flexibility index (Phi) is 60.5. The molecule has 6 rings (SSSR count). The van der Waals surface area contributed by atoms with Crippen molar-refractivity contribution in [2.75, 3.05) is 103 Å². The predicted octanol–water partition coefficient (Wildman–Crippen LogP) is 2.58. The largest absolute Gasteiger partial charge is 0.477 e. The third-order valence-electron chi connectivity index (χ3n) is 25.1. The van der Waals surface area contributed by atoms with E-state index in [0.29, 0.717) is 12.8 Å². The highest BCUT2D eigenvalue weighted by Gasteiger charge is 2.62. The number of carboxylic acid groups (broad SMARTS) is 1. The molecule has 21 N–H and O–H groups in total. The molecule has 5 fully saturated rings. The van der Waals surface area contributed by atoms with Crippen LogP contribution < -0.4 is 26.6 Å². The summed E-state index contributed by atoms with van der Waals surface area (Å²) in [5.74, 6) is -9.34. The maximum Gasteiger partial charge on any atom is 0.472 e. The Morgan fingerprint density at radius 2 is 1.02 bits per heavy atom. The third kappa shape index (κ3) is 43.8. The highest BCUT2D eigenvalue weighted by atomic mass is 32.2. The van der Waals surface area contributed by atoms with Crippen LogP contribution in [0.3, 0.4) is 0 Å². The van der Waals surface area contributed by atoms with E-state index in [9.17, 15) is 124 Å². The van der Waals surface area contributed by atoms with Crippen LogP contribution in [0.15, 0.2) is 24.3 Å². The highest BCUT2D eigenvalue weighted by Crippen LogP contribution is 2.44. The number of carbonyl (C=O) groups excluding carboxylic acids is 7. The van der Waals surface area contributed by atoms with Gasteiger partial charge in [0.1, 0.15) is 123 Å². The summed E-state index contributed by atoms with van der Waals surface area (Å²) in [5.41, 5.74) is -0.0858. The number of methoxy groups -OCH3 is 1. The van der Waals surface area contributed by atoms with Crippen LogP contribution in [0, 0.1) is 0 Å². The monoisotopic (exact) mass is 2080 g/mol. The van der Waals surface area contributed by atoms with Gasteiger partial charge in [0.15, 0.2) is 31.3 Å². The Bertz CT molecular complexity index is 3760. The van der Waals surface area contributed by atoms with E-state index >= 15 is 0 Å². The molecular weight excluding hydrogens is 1920 g/mol. The molecule has 2 unspecified atom stereocenters. The number of amides is 5. The summed E-state index contributed by atoms with van der Waals surface area (Å²) in [5, 5.41) is 179. The number of hydrogen-bond donors (Lipinski definition) is 21. The van der Waals surface area contributed by atoms with Gasteiger partial charge in [-0.3, -0.25) is 37.8 Å². The number of hydrogen-bond acceptors (Lipinski definition) is 40.